The first kappa shape index (κ1) is 16.4. The minimum atomic E-state index is -1.03. The summed E-state index contributed by atoms with van der Waals surface area (Å²) in [7, 11) is 0. The topological polar surface area (TPSA) is 25.8 Å². The van der Waals surface area contributed by atoms with E-state index in [1.54, 1.807) is 18.2 Å². The zero-order valence-corrected chi connectivity index (χ0v) is 31.6. The van der Waals surface area contributed by atoms with Crippen molar-refractivity contribution in [3.05, 3.63) is 218 Å². The summed E-state index contributed by atoms with van der Waals surface area (Å²) in [5.74, 6) is 0. The van der Waals surface area contributed by atoms with Gasteiger partial charge in [0.25, 0.3) is 0 Å². The molecule has 0 amide bonds. The Morgan fingerprint density at radius 3 is 1.75 bits per heavy atom. The molecule has 3 heteroatoms. The molecule has 0 bridgehead atoms. The second kappa shape index (κ2) is 14.5. The van der Waals surface area contributed by atoms with Crippen molar-refractivity contribution in [2.24, 2.45) is 0 Å². The van der Waals surface area contributed by atoms with Crippen LogP contribution in [-0.2, 0) is 0 Å². The highest BCUT2D eigenvalue weighted by Gasteiger charge is 2.25. The van der Waals surface area contributed by atoms with Gasteiger partial charge in [0.2, 0.25) is 0 Å². The van der Waals surface area contributed by atoms with Crippen molar-refractivity contribution in [1.29, 1.82) is 0 Å². The van der Waals surface area contributed by atoms with E-state index in [-0.39, 0.29) is 49.4 Å². The van der Waals surface area contributed by atoms with E-state index in [4.69, 9.17) is 28.3 Å². The van der Waals surface area contributed by atoms with Crippen molar-refractivity contribution >= 4 is 65.5 Å². The Bertz CT molecular complexity index is 5370. The first-order valence-corrected chi connectivity index (χ1v) is 19.1. The van der Waals surface area contributed by atoms with E-state index >= 15 is 0 Å². The van der Waals surface area contributed by atoms with Crippen LogP contribution in [0.3, 0.4) is 0 Å². The molecular formula is C58H36N2S. The number of nitrogens with zero attached hydrogens (tertiary/aromatic N) is 2. The molecule has 0 radical (unpaired) electrons. The molecule has 0 saturated heterocycles. The van der Waals surface area contributed by atoms with E-state index in [0.717, 1.165) is 0 Å². The zero-order chi connectivity index (χ0) is 66.4. The first-order chi connectivity index (χ1) is 42.7. The average molecular weight is 823 g/mol. The molecule has 61 heavy (non-hydrogen) atoms. The molecule has 0 spiro atoms. The molecule has 0 N–H and O–H groups in total. The van der Waals surface area contributed by atoms with Crippen molar-refractivity contribution in [2.45, 2.75) is 0 Å². The molecule has 0 saturated carbocycles. The quantitative estimate of drug-likeness (QED) is 0.156. The van der Waals surface area contributed by atoms with Gasteiger partial charge in [-0.3, -0.25) is 4.98 Å². The monoisotopic (exact) mass is 822 g/mol. The highest BCUT2D eigenvalue weighted by molar-refractivity contribution is 7.20. The third-order valence-electron chi connectivity index (χ3n) is 10.0. The SMILES string of the molecule is [2H]c1nc2c(c([2H])c1[2H])c([2H])c([2H])c1c([2H])c([2H])c(-c3ccc(-c4c([2H])c([2H])c([2H])c(-c5sc(-c6c([2H])c7c([2H])c([2H])c([2H])c([2H])c7c7c([2H])c([2H])c([2H])c([2H])c67)c(-c6c([2H])c([2H])c([2H])c([2H])c6[2H])c5-c5c([2H])c([2H])c([2H])c([2H])c5[2H])c4[2H])c4ccccc34)nc12. The molecule has 3 aromatic heterocycles. The number of rotatable bonds is 6. The highest BCUT2D eigenvalue weighted by Crippen LogP contribution is 2.54. The van der Waals surface area contributed by atoms with E-state index in [1.165, 1.54) is 18.2 Å². The molecule has 9 aromatic carbocycles. The number of benzene rings is 9. The van der Waals surface area contributed by atoms with Crippen LogP contribution in [0.2, 0.25) is 0 Å². The Hall–Kier alpha value is -7.72. The summed E-state index contributed by atoms with van der Waals surface area (Å²) in [6.07, 6.45) is -0.665. The second-order valence-electron chi connectivity index (χ2n) is 13.3. The number of pyridine rings is 2. The molecule has 2 nitrogen and oxygen atoms in total. The molecule has 0 unspecified atom stereocenters. The van der Waals surface area contributed by atoms with Gasteiger partial charge in [-0.15, -0.1) is 11.3 Å². The van der Waals surface area contributed by atoms with Crippen LogP contribution in [0.25, 0.3) is 120 Å². The van der Waals surface area contributed by atoms with Crippen molar-refractivity contribution in [3.63, 3.8) is 0 Å². The minimum Gasteiger partial charge on any atom is -0.254 e. The van der Waals surface area contributed by atoms with Crippen molar-refractivity contribution in [1.82, 2.24) is 9.97 Å². The lowest BCUT2D eigenvalue weighted by molar-refractivity contribution is 1.37. The van der Waals surface area contributed by atoms with E-state index < -0.39 is 252 Å². The van der Waals surface area contributed by atoms with Gasteiger partial charge in [0.1, 0.15) is 0 Å². The fourth-order valence-corrected chi connectivity index (χ4v) is 8.68. The Balaban J connectivity index is 1.28. The maximum Gasteiger partial charge on any atom is 0.0972 e. The maximum absolute atomic E-state index is 10.3. The van der Waals surface area contributed by atoms with Crippen LogP contribution in [0.1, 0.15) is 41.1 Å². The molecular weight excluding hydrogens is 757 g/mol. The van der Waals surface area contributed by atoms with Crippen molar-refractivity contribution in [3.8, 4) is 65.5 Å². The van der Waals surface area contributed by atoms with Crippen molar-refractivity contribution in [2.75, 3.05) is 0 Å². The molecule has 0 aliphatic carbocycles. The van der Waals surface area contributed by atoms with Gasteiger partial charge in [0.15, 0.2) is 0 Å². The van der Waals surface area contributed by atoms with Gasteiger partial charge in [-0.05, 0) is 84.3 Å². The highest BCUT2D eigenvalue weighted by atomic mass is 32.1. The third-order valence-corrected chi connectivity index (χ3v) is 11.2. The van der Waals surface area contributed by atoms with E-state index in [1.807, 2.05) is 0 Å². The second-order valence-corrected chi connectivity index (χ2v) is 14.4. The summed E-state index contributed by atoms with van der Waals surface area (Å²) in [6, 6.07) is -16.1. The summed E-state index contributed by atoms with van der Waals surface area (Å²) >= 11 is 0.355. The van der Waals surface area contributed by atoms with E-state index in [2.05, 4.69) is 4.98 Å². The molecule has 0 atom stereocenters. The molecule has 0 aliphatic heterocycles. The number of aromatic nitrogens is 2. The maximum atomic E-state index is 10.3. The lowest BCUT2D eigenvalue weighted by Gasteiger charge is -2.14. The Morgan fingerprint density at radius 2 is 0.967 bits per heavy atom. The number of thiophene rings is 1. The van der Waals surface area contributed by atoms with Crippen LogP contribution < -0.4 is 0 Å². The fourth-order valence-electron chi connectivity index (χ4n) is 7.41. The average Bonchev–Trinajstić information content (AvgIpc) is 1.70. The predicted molar refractivity (Wildman–Crippen MR) is 260 cm³/mol. The van der Waals surface area contributed by atoms with Crippen LogP contribution in [0.15, 0.2) is 218 Å². The Kier molecular flexibility index (Phi) is 3.90. The molecule has 3 heterocycles. The van der Waals surface area contributed by atoms with E-state index in [9.17, 15) is 17.8 Å². The Morgan fingerprint density at radius 1 is 0.377 bits per heavy atom. The van der Waals surface area contributed by atoms with Gasteiger partial charge in [-0.2, -0.15) is 0 Å². The van der Waals surface area contributed by atoms with Gasteiger partial charge >= 0.3 is 0 Å². The van der Waals surface area contributed by atoms with Gasteiger partial charge < -0.3 is 0 Å². The van der Waals surface area contributed by atoms with Gasteiger partial charge in [0.05, 0.1) is 57.9 Å². The summed E-state index contributed by atoms with van der Waals surface area (Å²) in [5, 5.41) is -2.68. The largest absolute Gasteiger partial charge is 0.254 e. The number of hydrogen-bond acceptors (Lipinski definition) is 3. The van der Waals surface area contributed by atoms with E-state index in [0.29, 0.717) is 11.3 Å². The lowest BCUT2D eigenvalue weighted by atomic mass is 9.88. The van der Waals surface area contributed by atoms with Crippen LogP contribution in [0.5, 0.6) is 0 Å². The van der Waals surface area contributed by atoms with Crippen LogP contribution >= 0.6 is 11.3 Å². The zero-order valence-electron chi connectivity index (χ0n) is 60.8. The first-order valence-electron chi connectivity index (χ1n) is 33.3. The Labute approximate surface area is 399 Å². The van der Waals surface area contributed by atoms with Crippen LogP contribution in [-0.4, -0.2) is 9.97 Å². The summed E-state index contributed by atoms with van der Waals surface area (Å²) in [4.78, 5) is 7.69. The fraction of sp³-hybridized carbons (Fsp3) is 0. The predicted octanol–water partition coefficient (Wildman–Crippen LogP) is 16.3. The molecule has 284 valence electrons. The van der Waals surface area contributed by atoms with Gasteiger partial charge in [-0.1, -0.05) is 187 Å². The summed E-state index contributed by atoms with van der Waals surface area (Å²) in [5.41, 5.74) is -5.50. The lowest BCUT2D eigenvalue weighted by Crippen LogP contribution is -1.91. The minimum absolute atomic E-state index is 0.0336. The van der Waals surface area contributed by atoms with Crippen LogP contribution in [0, 0.1) is 0 Å². The van der Waals surface area contributed by atoms with Gasteiger partial charge in [-0.25, -0.2) is 4.98 Å². The molecule has 12 rings (SSSR count). The van der Waals surface area contributed by atoms with Gasteiger partial charge in [0, 0.05) is 49.0 Å². The van der Waals surface area contributed by atoms with Crippen molar-refractivity contribution < 1.29 is 41.1 Å². The molecule has 0 aliphatic rings. The van der Waals surface area contributed by atoms with Crippen LogP contribution in [0.4, 0.5) is 0 Å². The molecule has 0 fully saturated rings. The number of hydrogen-bond donors (Lipinski definition) is 0. The number of fused-ring (bicyclic) bond motifs is 7. The molecule has 12 aromatic rings. The summed E-state index contributed by atoms with van der Waals surface area (Å²) < 4.78 is 273. The smallest absolute Gasteiger partial charge is 0.0972 e. The standard InChI is InChI=1S/C58H36N2S/c1-3-15-37(16-4-1)53-54(38-17-5-2-6-18-38)58(51-36-42-19-7-8-23-44(42)46-24-10-12-27-49(46)51)61-57(53)43-21-13-20-41(35-43)45-31-32-50(48-26-11-9-25-47(45)48)52-33-30-40-29-28-39-22-14-34-59-55(39)56(40)60-52/h1-36H/i1D,2D,3D,4D,5D,6D,7D,8D,10D,12D,13D,14D,15D,16D,17D,18D,19D,20D,21D,22D,23D,24D,27D,28D,29D,30D,33D,34D,35D,36D. The normalized spacial score (nSPS) is 18.5. The summed E-state index contributed by atoms with van der Waals surface area (Å²) in [6.45, 7) is 0. The third kappa shape index (κ3) is 5.93.